The zero-order valence-corrected chi connectivity index (χ0v) is 11.4. The van der Waals surface area contributed by atoms with Gasteiger partial charge < -0.3 is 11.1 Å². The van der Waals surface area contributed by atoms with Gasteiger partial charge in [-0.1, -0.05) is 26.7 Å². The minimum absolute atomic E-state index is 0.607. The summed E-state index contributed by atoms with van der Waals surface area (Å²) in [5.41, 5.74) is 5.84. The van der Waals surface area contributed by atoms with Crippen molar-refractivity contribution < 1.29 is 0 Å². The standard InChI is InChI=1S/C13H28N4/c1-3-5-6-9-15-13(14)16-11-12-8-7-10-17(12)4-2/h12H,3-11H2,1-2H3,(H3,14,15,16). The number of likely N-dealkylation sites (N-methyl/N-ethyl adjacent to an activating group) is 1. The molecule has 1 heterocycles. The summed E-state index contributed by atoms with van der Waals surface area (Å²) in [6, 6.07) is 0.607. The summed E-state index contributed by atoms with van der Waals surface area (Å²) < 4.78 is 0. The lowest BCUT2D eigenvalue weighted by Gasteiger charge is -2.20. The van der Waals surface area contributed by atoms with Gasteiger partial charge in [-0.2, -0.15) is 0 Å². The minimum Gasteiger partial charge on any atom is -0.370 e. The third kappa shape index (κ3) is 5.39. The molecule has 0 amide bonds. The molecule has 3 N–H and O–H groups in total. The lowest BCUT2D eigenvalue weighted by atomic mass is 10.2. The second-order valence-corrected chi connectivity index (χ2v) is 4.78. The summed E-state index contributed by atoms with van der Waals surface area (Å²) >= 11 is 0. The van der Waals surface area contributed by atoms with E-state index in [1.807, 2.05) is 0 Å². The Hall–Kier alpha value is -0.770. The van der Waals surface area contributed by atoms with Crippen LogP contribution >= 0.6 is 0 Å². The minimum atomic E-state index is 0.607. The highest BCUT2D eigenvalue weighted by molar-refractivity contribution is 5.77. The van der Waals surface area contributed by atoms with E-state index in [-0.39, 0.29) is 0 Å². The van der Waals surface area contributed by atoms with Crippen LogP contribution in [0.3, 0.4) is 0 Å². The van der Waals surface area contributed by atoms with E-state index in [1.54, 1.807) is 0 Å². The summed E-state index contributed by atoms with van der Waals surface area (Å²) in [4.78, 5) is 6.94. The summed E-state index contributed by atoms with van der Waals surface area (Å²) in [6.07, 6.45) is 6.24. The lowest BCUT2D eigenvalue weighted by molar-refractivity contribution is 0.273. The molecule has 0 aromatic carbocycles. The van der Waals surface area contributed by atoms with Gasteiger partial charge >= 0.3 is 0 Å². The van der Waals surface area contributed by atoms with Crippen molar-refractivity contribution in [3.05, 3.63) is 0 Å². The molecule has 17 heavy (non-hydrogen) atoms. The number of rotatable bonds is 7. The monoisotopic (exact) mass is 240 g/mol. The van der Waals surface area contributed by atoms with Crippen LogP contribution in [0, 0.1) is 0 Å². The molecule has 4 nitrogen and oxygen atoms in total. The number of hydrogen-bond donors (Lipinski definition) is 2. The first-order valence-electron chi connectivity index (χ1n) is 7.05. The number of guanidine groups is 1. The van der Waals surface area contributed by atoms with Crippen molar-refractivity contribution in [3.8, 4) is 0 Å². The van der Waals surface area contributed by atoms with Crippen molar-refractivity contribution in [3.63, 3.8) is 0 Å². The number of nitrogens with one attached hydrogen (secondary N) is 1. The van der Waals surface area contributed by atoms with Gasteiger partial charge in [0.15, 0.2) is 5.96 Å². The van der Waals surface area contributed by atoms with Crippen molar-refractivity contribution in [2.24, 2.45) is 10.7 Å². The van der Waals surface area contributed by atoms with Crippen molar-refractivity contribution in [1.82, 2.24) is 10.2 Å². The molecule has 1 rings (SSSR count). The maximum atomic E-state index is 5.84. The Labute approximate surface area is 106 Å². The molecule has 1 aliphatic rings. The number of likely N-dealkylation sites (tertiary alicyclic amines) is 1. The van der Waals surface area contributed by atoms with Gasteiger partial charge in [-0.15, -0.1) is 0 Å². The number of nitrogens with two attached hydrogens (primary N) is 1. The Kier molecular flexibility index (Phi) is 7.01. The van der Waals surface area contributed by atoms with Crippen LogP contribution in [0.2, 0.25) is 0 Å². The van der Waals surface area contributed by atoms with Crippen molar-refractivity contribution in [2.75, 3.05) is 26.2 Å². The Morgan fingerprint density at radius 2 is 2.24 bits per heavy atom. The van der Waals surface area contributed by atoms with E-state index in [0.717, 1.165) is 19.6 Å². The van der Waals surface area contributed by atoms with E-state index < -0.39 is 0 Å². The van der Waals surface area contributed by atoms with Gasteiger partial charge in [0.05, 0.1) is 6.54 Å². The van der Waals surface area contributed by atoms with Crippen LogP contribution in [0.1, 0.15) is 46.0 Å². The van der Waals surface area contributed by atoms with Gasteiger partial charge in [0.2, 0.25) is 0 Å². The smallest absolute Gasteiger partial charge is 0.188 e. The molecule has 0 radical (unpaired) electrons. The van der Waals surface area contributed by atoms with E-state index in [9.17, 15) is 0 Å². The molecular formula is C13H28N4. The quantitative estimate of drug-likeness (QED) is 0.403. The molecule has 0 aliphatic carbocycles. The molecule has 4 heteroatoms. The molecule has 0 spiro atoms. The predicted molar refractivity (Wildman–Crippen MR) is 74.3 cm³/mol. The highest BCUT2D eigenvalue weighted by Gasteiger charge is 2.22. The normalized spacial score (nSPS) is 22.0. The predicted octanol–water partition coefficient (Wildman–Crippen LogP) is 1.57. The summed E-state index contributed by atoms with van der Waals surface area (Å²) in [5.74, 6) is 0.615. The Bertz CT molecular complexity index is 227. The highest BCUT2D eigenvalue weighted by atomic mass is 15.2. The maximum absolute atomic E-state index is 5.84. The van der Waals surface area contributed by atoms with Crippen molar-refractivity contribution in [1.29, 1.82) is 0 Å². The van der Waals surface area contributed by atoms with Crippen molar-refractivity contribution in [2.45, 2.75) is 52.0 Å². The largest absolute Gasteiger partial charge is 0.370 e. The van der Waals surface area contributed by atoms with Gasteiger partial charge in [-0.25, -0.2) is 0 Å². The molecule has 0 saturated carbocycles. The SMILES string of the molecule is CCCCCNC(N)=NCC1CCCN1CC. The number of aliphatic imine (C=N–C) groups is 1. The van der Waals surface area contributed by atoms with Crippen LogP contribution in [0.4, 0.5) is 0 Å². The van der Waals surface area contributed by atoms with E-state index >= 15 is 0 Å². The molecule has 1 unspecified atom stereocenters. The first-order valence-corrected chi connectivity index (χ1v) is 7.05. The number of nitrogens with zero attached hydrogens (tertiary/aromatic N) is 2. The van der Waals surface area contributed by atoms with E-state index in [4.69, 9.17) is 5.73 Å². The molecule has 0 aromatic rings. The molecule has 0 aromatic heterocycles. The fraction of sp³-hybridized carbons (Fsp3) is 0.923. The van der Waals surface area contributed by atoms with Crippen LogP contribution in [0.25, 0.3) is 0 Å². The topological polar surface area (TPSA) is 53.6 Å². The average molecular weight is 240 g/mol. The highest BCUT2D eigenvalue weighted by Crippen LogP contribution is 2.16. The Morgan fingerprint density at radius 3 is 2.94 bits per heavy atom. The molecule has 1 aliphatic heterocycles. The van der Waals surface area contributed by atoms with Gasteiger partial charge in [-0.3, -0.25) is 9.89 Å². The first kappa shape index (κ1) is 14.3. The van der Waals surface area contributed by atoms with E-state index in [0.29, 0.717) is 12.0 Å². The Balaban J connectivity index is 2.17. The lowest BCUT2D eigenvalue weighted by Crippen LogP contribution is -2.36. The molecule has 0 bridgehead atoms. The Morgan fingerprint density at radius 1 is 1.41 bits per heavy atom. The summed E-state index contributed by atoms with van der Waals surface area (Å²) in [5, 5.41) is 3.18. The first-order chi connectivity index (χ1) is 8.27. The molecule has 1 atom stereocenters. The zero-order chi connectivity index (χ0) is 12.5. The maximum Gasteiger partial charge on any atom is 0.188 e. The van der Waals surface area contributed by atoms with Crippen LogP contribution in [0.15, 0.2) is 4.99 Å². The average Bonchev–Trinajstić information content (AvgIpc) is 2.79. The van der Waals surface area contributed by atoms with Crippen molar-refractivity contribution >= 4 is 5.96 Å². The molecule has 1 fully saturated rings. The molecular weight excluding hydrogens is 212 g/mol. The van der Waals surface area contributed by atoms with Crippen LogP contribution in [0.5, 0.6) is 0 Å². The summed E-state index contributed by atoms with van der Waals surface area (Å²) in [7, 11) is 0. The summed E-state index contributed by atoms with van der Waals surface area (Å²) in [6.45, 7) is 8.57. The zero-order valence-electron chi connectivity index (χ0n) is 11.4. The van der Waals surface area contributed by atoms with E-state index in [1.165, 1.54) is 38.6 Å². The number of unbranched alkanes of at least 4 members (excludes halogenated alkanes) is 2. The van der Waals surface area contributed by atoms with Crippen LogP contribution in [-0.4, -0.2) is 43.1 Å². The van der Waals surface area contributed by atoms with Crippen LogP contribution < -0.4 is 11.1 Å². The molecule has 1 saturated heterocycles. The fourth-order valence-electron chi connectivity index (χ4n) is 2.37. The van der Waals surface area contributed by atoms with Gasteiger partial charge in [-0.05, 0) is 32.4 Å². The molecule has 100 valence electrons. The second kappa shape index (κ2) is 8.34. The third-order valence-electron chi connectivity index (χ3n) is 3.46. The van der Waals surface area contributed by atoms with Crippen LogP contribution in [-0.2, 0) is 0 Å². The van der Waals surface area contributed by atoms with Gasteiger partial charge in [0.1, 0.15) is 0 Å². The second-order valence-electron chi connectivity index (χ2n) is 4.78. The third-order valence-corrected chi connectivity index (χ3v) is 3.46. The van der Waals surface area contributed by atoms with E-state index in [2.05, 4.69) is 29.1 Å². The fourth-order valence-corrected chi connectivity index (χ4v) is 2.37. The van der Waals surface area contributed by atoms with Gasteiger partial charge in [0, 0.05) is 12.6 Å². The van der Waals surface area contributed by atoms with Gasteiger partial charge in [0.25, 0.3) is 0 Å². The number of hydrogen-bond acceptors (Lipinski definition) is 2.